The zero-order valence-corrected chi connectivity index (χ0v) is 10.7. The second kappa shape index (κ2) is 5.35. The topological polar surface area (TPSA) is 26.3 Å². The molecule has 0 spiro atoms. The van der Waals surface area contributed by atoms with Crippen LogP contribution in [0.15, 0.2) is 18.2 Å². The van der Waals surface area contributed by atoms with Crippen LogP contribution in [-0.2, 0) is 0 Å². The van der Waals surface area contributed by atoms with Crippen molar-refractivity contribution < 1.29 is 9.53 Å². The van der Waals surface area contributed by atoms with Gasteiger partial charge in [-0.1, -0.05) is 19.3 Å². The van der Waals surface area contributed by atoms with Gasteiger partial charge in [0.1, 0.15) is 5.75 Å². The summed E-state index contributed by atoms with van der Waals surface area (Å²) in [5.74, 6) is 1.39. The van der Waals surface area contributed by atoms with Gasteiger partial charge in [0.2, 0.25) is 0 Å². The van der Waals surface area contributed by atoms with Crippen LogP contribution in [0, 0.1) is 12.8 Å². The van der Waals surface area contributed by atoms with Crippen LogP contribution in [0.4, 0.5) is 0 Å². The van der Waals surface area contributed by atoms with E-state index in [1.807, 2.05) is 25.1 Å². The number of benzene rings is 1. The summed E-state index contributed by atoms with van der Waals surface area (Å²) in [6, 6.07) is 5.73. The Morgan fingerprint density at radius 2 is 1.94 bits per heavy atom. The highest BCUT2D eigenvalue weighted by Crippen LogP contribution is 2.28. The third-order valence-corrected chi connectivity index (χ3v) is 3.67. The van der Waals surface area contributed by atoms with Gasteiger partial charge in [-0.25, -0.2) is 0 Å². The number of ether oxygens (including phenoxy) is 1. The Bertz CT molecular complexity index is 403. The summed E-state index contributed by atoms with van der Waals surface area (Å²) >= 11 is 0. The largest absolute Gasteiger partial charge is 0.497 e. The molecule has 1 aromatic rings. The van der Waals surface area contributed by atoms with E-state index >= 15 is 0 Å². The molecule has 17 heavy (non-hydrogen) atoms. The average Bonchev–Trinajstić information content (AvgIpc) is 2.39. The van der Waals surface area contributed by atoms with Crippen LogP contribution in [0.25, 0.3) is 0 Å². The number of aryl methyl sites for hydroxylation is 1. The number of Topliss-reactive ketones (excluding diaryl/α,β-unsaturated/α-hetero) is 1. The van der Waals surface area contributed by atoms with Crippen LogP contribution in [0.5, 0.6) is 5.75 Å². The summed E-state index contributed by atoms with van der Waals surface area (Å²) in [6.45, 7) is 1.98. The molecule has 0 N–H and O–H groups in total. The third-order valence-electron chi connectivity index (χ3n) is 3.67. The van der Waals surface area contributed by atoms with Crippen molar-refractivity contribution in [3.05, 3.63) is 29.3 Å². The molecule has 0 amide bonds. The van der Waals surface area contributed by atoms with Crippen LogP contribution in [0.2, 0.25) is 0 Å². The van der Waals surface area contributed by atoms with Crippen molar-refractivity contribution in [1.82, 2.24) is 0 Å². The monoisotopic (exact) mass is 232 g/mol. The van der Waals surface area contributed by atoms with E-state index in [-0.39, 0.29) is 5.92 Å². The van der Waals surface area contributed by atoms with Gasteiger partial charge in [-0.3, -0.25) is 4.79 Å². The Kier molecular flexibility index (Phi) is 3.82. The maximum atomic E-state index is 12.4. The van der Waals surface area contributed by atoms with Crippen LogP contribution >= 0.6 is 0 Å². The van der Waals surface area contributed by atoms with Crippen LogP contribution in [-0.4, -0.2) is 12.9 Å². The van der Waals surface area contributed by atoms with Crippen molar-refractivity contribution in [1.29, 1.82) is 0 Å². The molecule has 92 valence electrons. The molecule has 0 radical (unpaired) electrons. The lowest BCUT2D eigenvalue weighted by atomic mass is 9.83. The van der Waals surface area contributed by atoms with Crippen LogP contribution in [0.1, 0.15) is 48.0 Å². The molecule has 0 bridgehead atoms. The standard InChI is InChI=1S/C15H20O2/c1-11-10-13(17-2)8-9-14(11)15(16)12-6-4-3-5-7-12/h8-10,12H,3-7H2,1-2H3. The molecule has 2 nitrogen and oxygen atoms in total. The number of carbonyl (C=O) groups is 1. The molecule has 2 rings (SSSR count). The SMILES string of the molecule is COc1ccc(C(=O)C2CCCCC2)c(C)c1. The van der Waals surface area contributed by atoms with Gasteiger partial charge in [0.15, 0.2) is 5.78 Å². The second-order valence-corrected chi connectivity index (χ2v) is 4.88. The number of ketones is 1. The lowest BCUT2D eigenvalue weighted by molar-refractivity contribution is 0.0889. The van der Waals surface area contributed by atoms with Gasteiger partial charge in [-0.15, -0.1) is 0 Å². The summed E-state index contributed by atoms with van der Waals surface area (Å²) < 4.78 is 5.16. The molecule has 0 aliphatic heterocycles. The van der Waals surface area contributed by atoms with E-state index in [0.717, 1.165) is 29.7 Å². The molecule has 1 fully saturated rings. The van der Waals surface area contributed by atoms with E-state index in [0.29, 0.717) is 5.78 Å². The second-order valence-electron chi connectivity index (χ2n) is 4.88. The number of methoxy groups -OCH3 is 1. The zero-order chi connectivity index (χ0) is 12.3. The molecule has 1 aliphatic carbocycles. The molecule has 1 saturated carbocycles. The summed E-state index contributed by atoms with van der Waals surface area (Å²) in [7, 11) is 1.65. The molecule has 0 heterocycles. The van der Waals surface area contributed by atoms with E-state index in [2.05, 4.69) is 0 Å². The number of carbonyl (C=O) groups excluding carboxylic acids is 1. The molecular formula is C15H20O2. The molecule has 0 atom stereocenters. The molecular weight excluding hydrogens is 212 g/mol. The first-order chi connectivity index (χ1) is 8.22. The quantitative estimate of drug-likeness (QED) is 0.741. The van der Waals surface area contributed by atoms with Gasteiger partial charge >= 0.3 is 0 Å². The summed E-state index contributed by atoms with van der Waals surface area (Å²) in [4.78, 5) is 12.4. The minimum atomic E-state index is 0.246. The van der Waals surface area contributed by atoms with Crippen molar-refractivity contribution in [3.8, 4) is 5.75 Å². The van der Waals surface area contributed by atoms with Gasteiger partial charge in [-0.2, -0.15) is 0 Å². The lowest BCUT2D eigenvalue weighted by Gasteiger charge is -2.21. The first-order valence-electron chi connectivity index (χ1n) is 6.41. The fourth-order valence-electron chi connectivity index (χ4n) is 2.62. The fraction of sp³-hybridized carbons (Fsp3) is 0.533. The van der Waals surface area contributed by atoms with Gasteiger partial charge in [0, 0.05) is 11.5 Å². The minimum absolute atomic E-state index is 0.246. The maximum Gasteiger partial charge on any atom is 0.166 e. The molecule has 1 aromatic carbocycles. The van der Waals surface area contributed by atoms with Crippen LogP contribution < -0.4 is 4.74 Å². The van der Waals surface area contributed by atoms with Gasteiger partial charge in [-0.05, 0) is 43.5 Å². The predicted octanol–water partition coefficient (Wildman–Crippen LogP) is 3.77. The highest BCUT2D eigenvalue weighted by Gasteiger charge is 2.23. The highest BCUT2D eigenvalue weighted by atomic mass is 16.5. The predicted molar refractivity (Wildman–Crippen MR) is 68.6 cm³/mol. The average molecular weight is 232 g/mol. The number of hydrogen-bond donors (Lipinski definition) is 0. The van der Waals surface area contributed by atoms with Crippen molar-refractivity contribution in [3.63, 3.8) is 0 Å². The molecule has 0 unspecified atom stereocenters. The zero-order valence-electron chi connectivity index (χ0n) is 10.7. The van der Waals surface area contributed by atoms with E-state index in [1.165, 1.54) is 19.3 Å². The van der Waals surface area contributed by atoms with Crippen molar-refractivity contribution in [2.45, 2.75) is 39.0 Å². The normalized spacial score (nSPS) is 16.8. The van der Waals surface area contributed by atoms with E-state index in [9.17, 15) is 4.79 Å². The molecule has 1 aliphatic rings. The Morgan fingerprint density at radius 3 is 2.53 bits per heavy atom. The Labute approximate surface area is 103 Å². The maximum absolute atomic E-state index is 12.4. The van der Waals surface area contributed by atoms with Crippen LogP contribution in [0.3, 0.4) is 0 Å². The van der Waals surface area contributed by atoms with Gasteiger partial charge in [0.05, 0.1) is 7.11 Å². The van der Waals surface area contributed by atoms with Crippen molar-refractivity contribution in [2.75, 3.05) is 7.11 Å². The summed E-state index contributed by atoms with van der Waals surface area (Å²) in [6.07, 6.45) is 5.80. The molecule has 0 saturated heterocycles. The molecule has 2 heteroatoms. The lowest BCUT2D eigenvalue weighted by Crippen LogP contribution is -2.18. The first-order valence-corrected chi connectivity index (χ1v) is 6.41. The van der Waals surface area contributed by atoms with Crippen molar-refractivity contribution in [2.24, 2.45) is 5.92 Å². The highest BCUT2D eigenvalue weighted by molar-refractivity contribution is 5.99. The Morgan fingerprint density at radius 1 is 1.24 bits per heavy atom. The molecule has 0 aromatic heterocycles. The number of rotatable bonds is 3. The third kappa shape index (κ3) is 2.68. The van der Waals surface area contributed by atoms with E-state index in [4.69, 9.17) is 4.74 Å². The fourth-order valence-corrected chi connectivity index (χ4v) is 2.62. The van der Waals surface area contributed by atoms with Gasteiger partial charge in [0.25, 0.3) is 0 Å². The Balaban J connectivity index is 2.18. The summed E-state index contributed by atoms with van der Waals surface area (Å²) in [5, 5.41) is 0. The van der Waals surface area contributed by atoms with E-state index in [1.54, 1.807) is 7.11 Å². The summed E-state index contributed by atoms with van der Waals surface area (Å²) in [5.41, 5.74) is 1.90. The Hall–Kier alpha value is -1.31. The van der Waals surface area contributed by atoms with Crippen molar-refractivity contribution >= 4 is 5.78 Å². The number of hydrogen-bond acceptors (Lipinski definition) is 2. The van der Waals surface area contributed by atoms with Gasteiger partial charge < -0.3 is 4.74 Å². The first kappa shape index (κ1) is 12.2. The minimum Gasteiger partial charge on any atom is -0.497 e. The van der Waals surface area contributed by atoms with E-state index < -0.39 is 0 Å². The smallest absolute Gasteiger partial charge is 0.166 e.